The molecule has 0 spiro atoms. The maximum absolute atomic E-state index is 13.2. The third-order valence-electron chi connectivity index (χ3n) is 3.25. The summed E-state index contributed by atoms with van der Waals surface area (Å²) in [6.45, 7) is 0. The van der Waals surface area contributed by atoms with Crippen LogP contribution in [0, 0.1) is 11.6 Å². The first-order chi connectivity index (χ1) is 10.0. The van der Waals surface area contributed by atoms with Crippen molar-refractivity contribution in [2.45, 2.75) is 12.5 Å². The minimum Gasteiger partial charge on any atom is -0.387 e. The fourth-order valence-electron chi connectivity index (χ4n) is 2.20. The zero-order valence-electron chi connectivity index (χ0n) is 10.8. The highest BCUT2D eigenvalue weighted by Gasteiger charge is 2.15. The summed E-state index contributed by atoms with van der Waals surface area (Å²) in [5.41, 5.74) is 0.549. The van der Waals surface area contributed by atoms with Gasteiger partial charge in [0.1, 0.15) is 11.6 Å². The second-order valence-corrected chi connectivity index (χ2v) is 6.31. The lowest BCUT2D eigenvalue weighted by Crippen LogP contribution is -2.00. The third-order valence-corrected chi connectivity index (χ3v) is 4.82. The molecule has 0 aliphatic carbocycles. The molecule has 1 nitrogen and oxygen atoms in total. The number of halogens is 3. The maximum Gasteiger partial charge on any atom is 0.124 e. The van der Waals surface area contributed by atoms with Crippen LogP contribution in [0.3, 0.4) is 0 Å². The van der Waals surface area contributed by atoms with Crippen molar-refractivity contribution in [3.05, 3.63) is 69.6 Å². The molecule has 0 bridgehead atoms. The predicted octanol–water partition coefficient (Wildman–Crippen LogP) is 5.11. The van der Waals surface area contributed by atoms with Gasteiger partial charge in [-0.3, -0.25) is 0 Å². The zero-order chi connectivity index (χ0) is 15.0. The van der Waals surface area contributed by atoms with Crippen LogP contribution in [0.4, 0.5) is 8.78 Å². The molecule has 0 saturated carbocycles. The molecule has 1 N–H and O–H groups in total. The van der Waals surface area contributed by atoms with E-state index in [1.807, 2.05) is 6.07 Å². The van der Waals surface area contributed by atoms with Crippen LogP contribution in [-0.2, 0) is 6.42 Å². The van der Waals surface area contributed by atoms with Gasteiger partial charge in [-0.15, -0.1) is 11.3 Å². The van der Waals surface area contributed by atoms with Crippen LogP contribution in [0.2, 0.25) is 5.02 Å². The first-order valence-electron chi connectivity index (χ1n) is 6.34. The van der Waals surface area contributed by atoms with Gasteiger partial charge >= 0.3 is 0 Å². The van der Waals surface area contributed by atoms with Crippen LogP contribution in [0.25, 0.3) is 10.1 Å². The van der Waals surface area contributed by atoms with Gasteiger partial charge in [0.15, 0.2) is 0 Å². The average molecular weight is 325 g/mol. The quantitative estimate of drug-likeness (QED) is 0.710. The van der Waals surface area contributed by atoms with Gasteiger partial charge in [-0.1, -0.05) is 17.7 Å². The SMILES string of the molecule is OC(Cc1cc(F)ccc1Cl)c1cc2ccc(F)cc2s1. The van der Waals surface area contributed by atoms with Crippen molar-refractivity contribution in [2.75, 3.05) is 0 Å². The summed E-state index contributed by atoms with van der Waals surface area (Å²) < 4.78 is 27.2. The van der Waals surface area contributed by atoms with Gasteiger partial charge in [-0.25, -0.2) is 8.78 Å². The molecule has 108 valence electrons. The predicted molar refractivity (Wildman–Crippen MR) is 81.9 cm³/mol. The fourth-order valence-corrected chi connectivity index (χ4v) is 3.47. The Hall–Kier alpha value is -1.49. The van der Waals surface area contributed by atoms with Crippen LogP contribution in [0.5, 0.6) is 0 Å². The Bertz CT molecular complexity index is 800. The third kappa shape index (κ3) is 3.07. The van der Waals surface area contributed by atoms with E-state index < -0.39 is 6.10 Å². The van der Waals surface area contributed by atoms with E-state index in [0.29, 0.717) is 15.5 Å². The molecule has 0 saturated heterocycles. The molecule has 0 aliphatic heterocycles. The van der Waals surface area contributed by atoms with Crippen LogP contribution < -0.4 is 0 Å². The smallest absolute Gasteiger partial charge is 0.124 e. The van der Waals surface area contributed by atoms with Crippen LogP contribution in [0.1, 0.15) is 16.5 Å². The molecule has 0 aliphatic rings. The van der Waals surface area contributed by atoms with E-state index in [1.165, 1.54) is 41.7 Å². The lowest BCUT2D eigenvalue weighted by Gasteiger charge is -2.10. The summed E-state index contributed by atoms with van der Waals surface area (Å²) in [6, 6.07) is 10.4. The number of benzene rings is 2. The van der Waals surface area contributed by atoms with Crippen molar-refractivity contribution in [3.8, 4) is 0 Å². The Balaban J connectivity index is 1.89. The average Bonchev–Trinajstić information content (AvgIpc) is 2.86. The van der Waals surface area contributed by atoms with Crippen molar-refractivity contribution in [3.63, 3.8) is 0 Å². The van der Waals surface area contributed by atoms with Gasteiger partial charge in [0, 0.05) is 21.0 Å². The molecule has 0 amide bonds. The number of rotatable bonds is 3. The highest BCUT2D eigenvalue weighted by atomic mass is 35.5. The normalized spacial score (nSPS) is 12.8. The van der Waals surface area contributed by atoms with Gasteiger partial charge in [0.2, 0.25) is 0 Å². The van der Waals surface area contributed by atoms with Crippen LogP contribution in [-0.4, -0.2) is 5.11 Å². The number of fused-ring (bicyclic) bond motifs is 1. The monoisotopic (exact) mass is 324 g/mol. The van der Waals surface area contributed by atoms with Crippen molar-refractivity contribution >= 4 is 33.0 Å². The van der Waals surface area contributed by atoms with Crippen LogP contribution in [0.15, 0.2) is 42.5 Å². The molecule has 0 fully saturated rings. The molecule has 3 rings (SSSR count). The fraction of sp³-hybridized carbons (Fsp3) is 0.125. The van der Waals surface area contributed by atoms with Crippen molar-refractivity contribution < 1.29 is 13.9 Å². The summed E-state index contributed by atoms with van der Waals surface area (Å²) in [7, 11) is 0. The molecular weight excluding hydrogens is 314 g/mol. The highest BCUT2D eigenvalue weighted by molar-refractivity contribution is 7.19. The topological polar surface area (TPSA) is 20.2 Å². The maximum atomic E-state index is 13.2. The highest BCUT2D eigenvalue weighted by Crippen LogP contribution is 2.33. The summed E-state index contributed by atoms with van der Waals surface area (Å²) in [5.74, 6) is -0.696. The molecule has 1 aromatic heterocycles. The van der Waals surface area contributed by atoms with E-state index in [4.69, 9.17) is 11.6 Å². The molecule has 1 heterocycles. The Morgan fingerprint density at radius 3 is 2.57 bits per heavy atom. The molecular formula is C16H11ClF2OS. The lowest BCUT2D eigenvalue weighted by molar-refractivity contribution is 0.182. The molecule has 1 unspecified atom stereocenters. The molecule has 5 heteroatoms. The second kappa shape index (κ2) is 5.72. The molecule has 1 atom stereocenters. The van der Waals surface area contributed by atoms with E-state index in [1.54, 1.807) is 6.07 Å². The van der Waals surface area contributed by atoms with E-state index in [9.17, 15) is 13.9 Å². The Morgan fingerprint density at radius 1 is 1.05 bits per heavy atom. The molecule has 2 aromatic carbocycles. The number of thiophene rings is 1. The van der Waals surface area contributed by atoms with E-state index in [-0.39, 0.29) is 18.1 Å². The molecule has 0 radical (unpaired) electrons. The number of hydrogen-bond acceptors (Lipinski definition) is 2. The van der Waals surface area contributed by atoms with Crippen molar-refractivity contribution in [2.24, 2.45) is 0 Å². The van der Waals surface area contributed by atoms with Gasteiger partial charge < -0.3 is 5.11 Å². The minimum atomic E-state index is -0.801. The van der Waals surface area contributed by atoms with E-state index in [2.05, 4.69) is 0 Å². The number of aliphatic hydroxyl groups excluding tert-OH is 1. The Kier molecular flexibility index (Phi) is 3.93. The lowest BCUT2D eigenvalue weighted by atomic mass is 10.1. The van der Waals surface area contributed by atoms with Crippen molar-refractivity contribution in [1.82, 2.24) is 0 Å². The van der Waals surface area contributed by atoms with Crippen LogP contribution >= 0.6 is 22.9 Å². The standard InChI is InChI=1S/C16H11ClF2OS/c17-13-4-3-11(18)5-10(13)6-14(20)16-7-9-1-2-12(19)8-15(9)21-16/h1-5,7-8,14,20H,6H2. The Morgan fingerprint density at radius 2 is 1.76 bits per heavy atom. The minimum absolute atomic E-state index is 0.214. The summed E-state index contributed by atoms with van der Waals surface area (Å²) >= 11 is 7.33. The Labute approximate surface area is 129 Å². The molecule has 3 aromatic rings. The van der Waals surface area contributed by atoms with Gasteiger partial charge in [0.25, 0.3) is 0 Å². The van der Waals surface area contributed by atoms with E-state index in [0.717, 1.165) is 10.1 Å². The first kappa shape index (κ1) is 14.4. The summed E-state index contributed by atoms with van der Waals surface area (Å²) in [5, 5.41) is 11.6. The van der Waals surface area contributed by atoms with Gasteiger partial charge in [0.05, 0.1) is 6.10 Å². The zero-order valence-corrected chi connectivity index (χ0v) is 12.4. The number of hydrogen-bond donors (Lipinski definition) is 1. The second-order valence-electron chi connectivity index (χ2n) is 4.79. The first-order valence-corrected chi connectivity index (χ1v) is 7.53. The number of aliphatic hydroxyl groups is 1. The summed E-state index contributed by atoms with van der Waals surface area (Å²) in [6.07, 6.45) is -0.587. The largest absolute Gasteiger partial charge is 0.387 e. The van der Waals surface area contributed by atoms with Gasteiger partial charge in [-0.2, -0.15) is 0 Å². The summed E-state index contributed by atoms with van der Waals surface area (Å²) in [4.78, 5) is 0.705. The van der Waals surface area contributed by atoms with Crippen molar-refractivity contribution in [1.29, 1.82) is 0 Å². The van der Waals surface area contributed by atoms with Gasteiger partial charge in [-0.05, 0) is 47.3 Å². The van der Waals surface area contributed by atoms with E-state index >= 15 is 0 Å². The molecule has 21 heavy (non-hydrogen) atoms.